The van der Waals surface area contributed by atoms with Crippen LogP contribution in [0.1, 0.15) is 19.6 Å². The highest BCUT2D eigenvalue weighted by Gasteiger charge is 2.26. The summed E-state index contributed by atoms with van der Waals surface area (Å²) in [6, 6.07) is 6.06. The van der Waals surface area contributed by atoms with Crippen molar-refractivity contribution >= 4 is 35.1 Å². The summed E-state index contributed by atoms with van der Waals surface area (Å²) in [5.74, 6) is 3.14. The van der Waals surface area contributed by atoms with Crippen LogP contribution in [-0.2, 0) is 0 Å². The van der Waals surface area contributed by atoms with Gasteiger partial charge in [0, 0.05) is 16.8 Å². The Labute approximate surface area is 149 Å². The average Bonchev–Trinajstić information content (AvgIpc) is 2.81. The van der Waals surface area contributed by atoms with Gasteiger partial charge in [-0.15, -0.1) is 18.2 Å². The Kier molecular flexibility index (Phi) is 5.81. The van der Waals surface area contributed by atoms with Gasteiger partial charge in [-0.3, -0.25) is 9.69 Å². The summed E-state index contributed by atoms with van der Waals surface area (Å²) in [7, 11) is 0. The lowest BCUT2D eigenvalue weighted by molar-refractivity contribution is 0.210. The van der Waals surface area contributed by atoms with Gasteiger partial charge in [0.2, 0.25) is 0 Å². The molecule has 7 heteroatoms. The molecule has 5 nitrogen and oxygen atoms in total. The first-order chi connectivity index (χ1) is 11.4. The van der Waals surface area contributed by atoms with E-state index in [9.17, 15) is 9.59 Å². The van der Waals surface area contributed by atoms with Crippen molar-refractivity contribution in [2.24, 2.45) is 0 Å². The van der Waals surface area contributed by atoms with E-state index >= 15 is 0 Å². The second-order valence-corrected chi connectivity index (χ2v) is 6.71. The summed E-state index contributed by atoms with van der Waals surface area (Å²) in [5, 5.41) is 0.564. The smallest absolute Gasteiger partial charge is 0.365 e. The van der Waals surface area contributed by atoms with Crippen molar-refractivity contribution in [2.75, 3.05) is 10.7 Å². The Hall–Kier alpha value is -2.10. The van der Waals surface area contributed by atoms with Crippen LogP contribution in [0.25, 0.3) is 0 Å². The highest BCUT2D eigenvalue weighted by molar-refractivity contribution is 7.99. The number of benzene rings is 1. The van der Waals surface area contributed by atoms with Crippen LogP contribution in [0.5, 0.6) is 0 Å². The maximum Gasteiger partial charge on any atom is 0.365 e. The molecular formula is C17H17ClN2O3S. The Bertz CT molecular complexity index is 831. The lowest BCUT2D eigenvalue weighted by atomic mass is 10.2. The fourth-order valence-electron chi connectivity index (χ4n) is 2.19. The van der Waals surface area contributed by atoms with Crippen molar-refractivity contribution in [3.63, 3.8) is 0 Å². The summed E-state index contributed by atoms with van der Waals surface area (Å²) in [4.78, 5) is 27.1. The van der Waals surface area contributed by atoms with Gasteiger partial charge < -0.3 is 4.52 Å². The summed E-state index contributed by atoms with van der Waals surface area (Å²) in [6.45, 7) is 5.33. The minimum absolute atomic E-state index is 0.183. The zero-order valence-electron chi connectivity index (χ0n) is 13.6. The highest BCUT2D eigenvalue weighted by Crippen LogP contribution is 2.23. The Morgan fingerprint density at radius 3 is 2.58 bits per heavy atom. The van der Waals surface area contributed by atoms with Crippen molar-refractivity contribution in [1.29, 1.82) is 0 Å². The molecule has 24 heavy (non-hydrogen) atoms. The molecule has 1 heterocycles. The molecule has 0 radical (unpaired) electrons. The molecule has 2 aromatic rings. The van der Waals surface area contributed by atoms with Crippen LogP contribution in [-0.4, -0.2) is 22.6 Å². The number of hydrogen-bond donors (Lipinski definition) is 0. The van der Waals surface area contributed by atoms with Crippen LogP contribution < -0.4 is 10.5 Å². The summed E-state index contributed by atoms with van der Waals surface area (Å²) in [5.41, 5.74) is 0.121. The molecule has 126 valence electrons. The number of anilines is 1. The largest absolute Gasteiger partial charge is 0.371 e. The number of carbonyl (C=O) groups is 1. The summed E-state index contributed by atoms with van der Waals surface area (Å²) in [6.07, 6.45) is 5.22. The third kappa shape index (κ3) is 3.69. The molecule has 0 aliphatic rings. The number of amides is 1. The van der Waals surface area contributed by atoms with Crippen LogP contribution in [0.4, 0.5) is 10.5 Å². The molecule has 0 bridgehead atoms. The average molecular weight is 365 g/mol. The number of thioether (sulfide) groups is 1. The number of hydrogen-bond acceptors (Lipinski definition) is 4. The molecule has 0 unspecified atom stereocenters. The van der Waals surface area contributed by atoms with Crippen LogP contribution in [0.15, 0.2) is 38.5 Å². The maximum atomic E-state index is 12.8. The molecule has 0 N–H and O–H groups in total. The van der Waals surface area contributed by atoms with E-state index < -0.39 is 11.6 Å². The number of aromatic nitrogens is 1. The van der Waals surface area contributed by atoms with Crippen LogP contribution in [0.2, 0.25) is 5.02 Å². The van der Waals surface area contributed by atoms with Crippen molar-refractivity contribution in [1.82, 2.24) is 4.74 Å². The van der Waals surface area contributed by atoms with Gasteiger partial charge >= 0.3 is 11.6 Å². The van der Waals surface area contributed by atoms with E-state index in [0.717, 1.165) is 4.74 Å². The number of nitrogens with zero attached hydrogens (tertiary/aromatic N) is 2. The lowest BCUT2D eigenvalue weighted by Crippen LogP contribution is -2.43. The van der Waals surface area contributed by atoms with Gasteiger partial charge in [-0.25, -0.2) is 4.79 Å². The minimum atomic E-state index is -0.562. The maximum absolute atomic E-state index is 12.8. The van der Waals surface area contributed by atoms with Crippen molar-refractivity contribution in [2.45, 2.75) is 31.7 Å². The van der Waals surface area contributed by atoms with Gasteiger partial charge in [0.1, 0.15) is 10.7 Å². The van der Waals surface area contributed by atoms with Crippen molar-refractivity contribution in [3.05, 3.63) is 45.4 Å². The van der Waals surface area contributed by atoms with E-state index in [-0.39, 0.29) is 6.04 Å². The number of rotatable bonds is 4. The molecular weight excluding hydrogens is 348 g/mol. The third-order valence-corrected chi connectivity index (χ3v) is 4.54. The van der Waals surface area contributed by atoms with E-state index in [2.05, 4.69) is 5.92 Å². The predicted octanol–water partition coefficient (Wildman–Crippen LogP) is 4.01. The summed E-state index contributed by atoms with van der Waals surface area (Å²) >= 11 is 7.07. The zero-order valence-corrected chi connectivity index (χ0v) is 15.1. The SMILES string of the molecule is C#CCSc1c(C)on(C(=O)N(c2ccc(Cl)cc2)C(C)C)c1=O. The number of terminal acetylenes is 1. The highest BCUT2D eigenvalue weighted by atomic mass is 35.5. The predicted molar refractivity (Wildman–Crippen MR) is 97.1 cm³/mol. The Balaban J connectivity index is 2.43. The molecule has 0 aliphatic heterocycles. The molecule has 2 rings (SSSR count). The van der Waals surface area contributed by atoms with Gasteiger partial charge in [0.15, 0.2) is 0 Å². The van der Waals surface area contributed by atoms with Crippen molar-refractivity contribution < 1.29 is 9.32 Å². The first-order valence-electron chi connectivity index (χ1n) is 7.25. The summed E-state index contributed by atoms with van der Waals surface area (Å²) < 4.78 is 6.14. The molecule has 1 amide bonds. The molecule has 1 aromatic carbocycles. The molecule has 0 atom stereocenters. The number of aryl methyl sites for hydroxylation is 1. The molecule has 0 fully saturated rings. The topological polar surface area (TPSA) is 55.5 Å². The second-order valence-electron chi connectivity index (χ2n) is 5.29. The van der Waals surface area contributed by atoms with E-state index in [4.69, 9.17) is 22.5 Å². The van der Waals surface area contributed by atoms with Crippen LogP contribution >= 0.6 is 23.4 Å². The van der Waals surface area contributed by atoms with Gasteiger partial charge in [-0.1, -0.05) is 22.3 Å². The fourth-order valence-corrected chi connectivity index (χ4v) is 3.00. The molecule has 1 aromatic heterocycles. The molecule has 0 saturated heterocycles. The quantitative estimate of drug-likeness (QED) is 0.607. The Morgan fingerprint density at radius 2 is 2.04 bits per heavy atom. The third-order valence-electron chi connectivity index (χ3n) is 3.23. The first-order valence-corrected chi connectivity index (χ1v) is 8.61. The second kappa shape index (κ2) is 7.65. The lowest BCUT2D eigenvalue weighted by Gasteiger charge is -2.25. The molecule has 0 aliphatic carbocycles. The van der Waals surface area contributed by atoms with Gasteiger partial charge in [-0.2, -0.15) is 0 Å². The first kappa shape index (κ1) is 18.2. The Morgan fingerprint density at radius 1 is 1.42 bits per heavy atom. The fraction of sp³-hybridized carbons (Fsp3) is 0.294. The number of halogens is 1. The molecule has 0 saturated carbocycles. The van der Waals surface area contributed by atoms with Gasteiger partial charge in [0.05, 0.1) is 5.75 Å². The van der Waals surface area contributed by atoms with E-state index in [1.165, 1.54) is 16.7 Å². The zero-order chi connectivity index (χ0) is 17.9. The molecule has 0 spiro atoms. The standard InChI is InChI=1S/C17H17ClN2O3S/c1-5-10-24-15-12(4)23-20(16(15)21)17(22)19(11(2)3)14-8-6-13(18)7-9-14/h1,6-9,11H,10H2,2-4H3. The monoisotopic (exact) mass is 364 g/mol. The van der Waals surface area contributed by atoms with Gasteiger partial charge in [0.25, 0.3) is 0 Å². The number of carbonyl (C=O) groups excluding carboxylic acids is 1. The van der Waals surface area contributed by atoms with Crippen LogP contribution in [0.3, 0.4) is 0 Å². The van der Waals surface area contributed by atoms with Crippen molar-refractivity contribution in [3.8, 4) is 12.3 Å². The van der Waals surface area contributed by atoms with Gasteiger partial charge in [-0.05, 0) is 45.0 Å². The van der Waals surface area contributed by atoms with E-state index in [1.807, 2.05) is 13.8 Å². The normalized spacial score (nSPS) is 10.7. The minimum Gasteiger partial charge on any atom is -0.371 e. The van der Waals surface area contributed by atoms with Crippen LogP contribution in [0, 0.1) is 19.3 Å². The van der Waals surface area contributed by atoms with E-state index in [1.54, 1.807) is 31.2 Å². The van der Waals surface area contributed by atoms with E-state index in [0.29, 0.717) is 27.1 Å².